The molecule has 0 atom stereocenters. The van der Waals surface area contributed by atoms with Gasteiger partial charge >= 0.3 is 5.97 Å². The first-order chi connectivity index (χ1) is 8.70. The van der Waals surface area contributed by atoms with Crippen LogP contribution in [0, 0.1) is 0 Å². The third-order valence-corrected chi connectivity index (χ3v) is 3.85. The third-order valence-electron chi connectivity index (χ3n) is 3.20. The lowest BCUT2D eigenvalue weighted by atomic mass is 9.98. The van der Waals surface area contributed by atoms with Gasteiger partial charge in [-0.25, -0.2) is 4.79 Å². The van der Waals surface area contributed by atoms with Crippen LogP contribution in [0.4, 0.5) is 0 Å². The first-order valence-corrected chi connectivity index (χ1v) is 7.04. The van der Waals surface area contributed by atoms with Crippen LogP contribution in [0.25, 0.3) is 0 Å². The SMILES string of the molecule is COC(=O)c1ccc(Br)c(OC2CCCCC2)c1. The lowest BCUT2D eigenvalue weighted by Crippen LogP contribution is -2.20. The minimum absolute atomic E-state index is 0.267. The number of carbonyl (C=O) groups is 1. The van der Waals surface area contributed by atoms with Crippen LogP contribution in [0.2, 0.25) is 0 Å². The van der Waals surface area contributed by atoms with E-state index >= 15 is 0 Å². The summed E-state index contributed by atoms with van der Waals surface area (Å²) in [5.74, 6) is 0.390. The molecule has 3 nitrogen and oxygen atoms in total. The smallest absolute Gasteiger partial charge is 0.337 e. The van der Waals surface area contributed by atoms with Crippen molar-refractivity contribution >= 4 is 21.9 Å². The Morgan fingerprint density at radius 1 is 1.28 bits per heavy atom. The summed E-state index contributed by atoms with van der Waals surface area (Å²) in [6, 6.07) is 5.29. The number of hydrogen-bond acceptors (Lipinski definition) is 3. The number of methoxy groups -OCH3 is 1. The maximum Gasteiger partial charge on any atom is 0.337 e. The summed E-state index contributed by atoms with van der Waals surface area (Å²) in [5.41, 5.74) is 0.520. The zero-order chi connectivity index (χ0) is 13.0. The van der Waals surface area contributed by atoms with Gasteiger partial charge in [-0.2, -0.15) is 0 Å². The van der Waals surface area contributed by atoms with Crippen molar-refractivity contribution in [3.05, 3.63) is 28.2 Å². The van der Waals surface area contributed by atoms with Crippen LogP contribution in [0.3, 0.4) is 0 Å². The minimum atomic E-state index is -0.337. The highest BCUT2D eigenvalue weighted by Crippen LogP contribution is 2.30. The van der Waals surface area contributed by atoms with Crippen molar-refractivity contribution in [2.45, 2.75) is 38.2 Å². The molecule has 0 N–H and O–H groups in total. The van der Waals surface area contributed by atoms with Gasteiger partial charge in [0.25, 0.3) is 0 Å². The molecule has 0 bridgehead atoms. The van der Waals surface area contributed by atoms with E-state index in [-0.39, 0.29) is 12.1 Å². The zero-order valence-corrected chi connectivity index (χ0v) is 12.0. The van der Waals surface area contributed by atoms with E-state index in [2.05, 4.69) is 15.9 Å². The number of benzene rings is 1. The van der Waals surface area contributed by atoms with Gasteiger partial charge in [-0.15, -0.1) is 0 Å². The van der Waals surface area contributed by atoms with Gasteiger partial charge in [-0.1, -0.05) is 6.42 Å². The number of ether oxygens (including phenoxy) is 2. The predicted octanol–water partition coefficient (Wildman–Crippen LogP) is 3.95. The van der Waals surface area contributed by atoms with Crippen LogP contribution >= 0.6 is 15.9 Å². The molecule has 0 amide bonds. The van der Waals surface area contributed by atoms with Crippen molar-refractivity contribution in [1.29, 1.82) is 0 Å². The van der Waals surface area contributed by atoms with Gasteiger partial charge in [0, 0.05) is 0 Å². The molecule has 1 aromatic rings. The summed E-state index contributed by atoms with van der Waals surface area (Å²) in [7, 11) is 1.38. The topological polar surface area (TPSA) is 35.5 Å². The molecule has 0 heterocycles. The van der Waals surface area contributed by atoms with Crippen molar-refractivity contribution in [3.8, 4) is 5.75 Å². The second kappa shape index (κ2) is 6.23. The molecule has 1 fully saturated rings. The van der Waals surface area contributed by atoms with Crippen molar-refractivity contribution in [2.75, 3.05) is 7.11 Å². The fraction of sp³-hybridized carbons (Fsp3) is 0.500. The molecular weight excluding hydrogens is 296 g/mol. The largest absolute Gasteiger partial charge is 0.489 e. The molecule has 1 saturated carbocycles. The van der Waals surface area contributed by atoms with Crippen molar-refractivity contribution in [3.63, 3.8) is 0 Å². The Balaban J connectivity index is 2.12. The minimum Gasteiger partial charge on any atom is -0.489 e. The van der Waals surface area contributed by atoms with Crippen molar-refractivity contribution in [2.24, 2.45) is 0 Å². The molecule has 0 unspecified atom stereocenters. The number of esters is 1. The van der Waals surface area contributed by atoms with E-state index in [1.54, 1.807) is 12.1 Å². The molecule has 0 radical (unpaired) electrons. The Morgan fingerprint density at radius 2 is 2.00 bits per heavy atom. The molecule has 1 aliphatic rings. The average Bonchev–Trinajstić information content (AvgIpc) is 2.41. The molecule has 1 aromatic carbocycles. The van der Waals surface area contributed by atoms with Gasteiger partial charge in [-0.3, -0.25) is 0 Å². The Labute approximate surface area is 116 Å². The first-order valence-electron chi connectivity index (χ1n) is 6.25. The molecule has 0 spiro atoms. The summed E-state index contributed by atoms with van der Waals surface area (Å²) in [5, 5.41) is 0. The summed E-state index contributed by atoms with van der Waals surface area (Å²) >= 11 is 3.45. The number of rotatable bonds is 3. The van der Waals surface area contributed by atoms with Crippen LogP contribution in [0.15, 0.2) is 22.7 Å². The summed E-state index contributed by atoms with van der Waals surface area (Å²) in [4.78, 5) is 11.5. The number of halogens is 1. The molecule has 1 aliphatic carbocycles. The Kier molecular flexibility index (Phi) is 4.64. The second-order valence-corrected chi connectivity index (χ2v) is 5.37. The van der Waals surface area contributed by atoms with Gasteiger partial charge in [0.05, 0.1) is 23.2 Å². The molecule has 18 heavy (non-hydrogen) atoms. The van der Waals surface area contributed by atoms with Crippen LogP contribution in [-0.4, -0.2) is 19.2 Å². The molecule has 4 heteroatoms. The summed E-state index contributed by atoms with van der Waals surface area (Å²) in [6.07, 6.45) is 6.19. The first kappa shape index (κ1) is 13.4. The van der Waals surface area contributed by atoms with Gasteiger partial charge in [0.1, 0.15) is 5.75 Å². The van der Waals surface area contributed by atoms with E-state index in [1.807, 2.05) is 6.07 Å². The van der Waals surface area contributed by atoms with Crippen LogP contribution in [-0.2, 0) is 4.74 Å². The molecule has 98 valence electrons. The van der Waals surface area contributed by atoms with Crippen molar-refractivity contribution < 1.29 is 14.3 Å². The highest BCUT2D eigenvalue weighted by molar-refractivity contribution is 9.10. The lowest BCUT2D eigenvalue weighted by molar-refractivity contribution is 0.0599. The average molecular weight is 313 g/mol. The standard InChI is InChI=1S/C14H17BrO3/c1-17-14(16)10-7-8-12(15)13(9-10)18-11-5-3-2-4-6-11/h7-9,11H,2-6H2,1H3. The highest BCUT2D eigenvalue weighted by atomic mass is 79.9. The van der Waals surface area contributed by atoms with Crippen LogP contribution in [0.1, 0.15) is 42.5 Å². The van der Waals surface area contributed by atoms with E-state index in [9.17, 15) is 4.79 Å². The Hall–Kier alpha value is -1.03. The van der Waals surface area contributed by atoms with Gasteiger partial charge in [-0.05, 0) is 59.8 Å². The van der Waals surface area contributed by atoms with Gasteiger partial charge in [0.2, 0.25) is 0 Å². The predicted molar refractivity (Wildman–Crippen MR) is 73.0 cm³/mol. The van der Waals surface area contributed by atoms with E-state index in [4.69, 9.17) is 9.47 Å². The summed E-state index contributed by atoms with van der Waals surface area (Å²) in [6.45, 7) is 0. The normalized spacial score (nSPS) is 16.3. The monoisotopic (exact) mass is 312 g/mol. The molecule has 0 saturated heterocycles. The van der Waals surface area contributed by atoms with E-state index in [0.29, 0.717) is 5.56 Å². The van der Waals surface area contributed by atoms with E-state index in [1.165, 1.54) is 26.4 Å². The van der Waals surface area contributed by atoms with E-state index < -0.39 is 0 Å². The van der Waals surface area contributed by atoms with Crippen LogP contribution < -0.4 is 4.74 Å². The van der Waals surface area contributed by atoms with Crippen molar-refractivity contribution in [1.82, 2.24) is 0 Å². The maximum absolute atomic E-state index is 11.5. The summed E-state index contributed by atoms with van der Waals surface area (Å²) < 4.78 is 11.6. The Bertz CT molecular complexity index is 425. The fourth-order valence-electron chi connectivity index (χ4n) is 2.20. The molecular formula is C14H17BrO3. The molecule has 0 aromatic heterocycles. The van der Waals surface area contributed by atoms with Crippen LogP contribution in [0.5, 0.6) is 5.75 Å². The maximum atomic E-state index is 11.5. The zero-order valence-electron chi connectivity index (χ0n) is 10.4. The molecule has 2 rings (SSSR count). The van der Waals surface area contributed by atoms with Gasteiger partial charge < -0.3 is 9.47 Å². The second-order valence-electron chi connectivity index (χ2n) is 4.51. The fourth-order valence-corrected chi connectivity index (χ4v) is 2.54. The van der Waals surface area contributed by atoms with E-state index in [0.717, 1.165) is 23.1 Å². The Morgan fingerprint density at radius 3 is 2.67 bits per heavy atom. The lowest BCUT2D eigenvalue weighted by Gasteiger charge is -2.23. The third kappa shape index (κ3) is 3.25. The number of hydrogen-bond donors (Lipinski definition) is 0. The van der Waals surface area contributed by atoms with Gasteiger partial charge in [0.15, 0.2) is 0 Å². The highest BCUT2D eigenvalue weighted by Gasteiger charge is 2.17. The molecule has 0 aliphatic heterocycles. The quantitative estimate of drug-likeness (QED) is 0.793. The number of carbonyl (C=O) groups excluding carboxylic acids is 1.